The molecule has 0 aromatic heterocycles. The highest BCUT2D eigenvalue weighted by Crippen LogP contribution is 2.06. The highest BCUT2D eigenvalue weighted by Gasteiger charge is 2.23. The van der Waals surface area contributed by atoms with Gasteiger partial charge in [0, 0.05) is 0 Å². The molecular formula is C12H21NO4. The van der Waals surface area contributed by atoms with E-state index in [2.05, 4.69) is 5.32 Å². The Morgan fingerprint density at radius 3 is 2.24 bits per heavy atom. The van der Waals surface area contributed by atoms with Gasteiger partial charge in [0.05, 0.1) is 13.0 Å². The molecule has 0 fully saturated rings. The molecule has 1 amide bonds. The van der Waals surface area contributed by atoms with E-state index in [1.165, 1.54) is 6.92 Å². The van der Waals surface area contributed by atoms with Crippen molar-refractivity contribution in [1.82, 2.24) is 5.32 Å². The average molecular weight is 243 g/mol. The molecule has 0 spiro atoms. The summed E-state index contributed by atoms with van der Waals surface area (Å²) in [4.78, 5) is 33.8. The van der Waals surface area contributed by atoms with Crippen LogP contribution in [0, 0.1) is 5.92 Å². The molecule has 1 N–H and O–H groups in total. The lowest BCUT2D eigenvalue weighted by molar-refractivity contribution is -0.148. The van der Waals surface area contributed by atoms with Gasteiger partial charge in [-0.05, 0) is 26.2 Å². The quantitative estimate of drug-likeness (QED) is 0.536. The maximum Gasteiger partial charge on any atom is 0.328 e. The summed E-state index contributed by atoms with van der Waals surface area (Å²) in [6.07, 6.45) is 0.302. The Labute approximate surface area is 102 Å². The number of ketones is 1. The first-order valence-corrected chi connectivity index (χ1v) is 5.82. The van der Waals surface area contributed by atoms with E-state index in [4.69, 9.17) is 4.74 Å². The molecule has 5 nitrogen and oxygen atoms in total. The number of esters is 1. The van der Waals surface area contributed by atoms with E-state index in [0.717, 1.165) is 0 Å². The minimum absolute atomic E-state index is 0.200. The van der Waals surface area contributed by atoms with Crippen molar-refractivity contribution in [3.8, 4) is 0 Å². The Hall–Kier alpha value is -1.39. The Bertz CT molecular complexity index is 286. The second-order valence-electron chi connectivity index (χ2n) is 4.38. The summed E-state index contributed by atoms with van der Waals surface area (Å²) in [5.74, 6) is -0.856. The zero-order chi connectivity index (χ0) is 13.4. The molecule has 0 bridgehead atoms. The first-order valence-electron chi connectivity index (χ1n) is 5.82. The van der Waals surface area contributed by atoms with Crippen LogP contribution in [0.3, 0.4) is 0 Å². The molecule has 0 aliphatic heterocycles. The third-order valence-electron chi connectivity index (χ3n) is 2.02. The normalized spacial score (nSPS) is 12.1. The van der Waals surface area contributed by atoms with Gasteiger partial charge in [-0.2, -0.15) is 0 Å². The van der Waals surface area contributed by atoms with Gasteiger partial charge in [0.1, 0.15) is 11.8 Å². The second-order valence-corrected chi connectivity index (χ2v) is 4.38. The van der Waals surface area contributed by atoms with Gasteiger partial charge in [-0.25, -0.2) is 4.79 Å². The van der Waals surface area contributed by atoms with Crippen molar-refractivity contribution in [2.24, 2.45) is 5.92 Å². The standard InChI is InChI=1S/C12H21NO4/c1-5-17-12(16)10(6-8(2)3)13-11(15)7-9(4)14/h8,10H,5-7H2,1-4H3,(H,13,15)/t10-/m0/s1. The van der Waals surface area contributed by atoms with Crippen LogP contribution in [0.15, 0.2) is 0 Å². The summed E-state index contributed by atoms with van der Waals surface area (Å²) in [7, 11) is 0. The zero-order valence-electron chi connectivity index (χ0n) is 10.9. The Kier molecular flexibility index (Phi) is 7.18. The molecule has 1 atom stereocenters. The summed E-state index contributed by atoms with van der Waals surface area (Å²) in [5, 5.41) is 2.53. The van der Waals surface area contributed by atoms with Gasteiger partial charge in [-0.3, -0.25) is 9.59 Å². The van der Waals surface area contributed by atoms with Crippen LogP contribution in [0.25, 0.3) is 0 Å². The van der Waals surface area contributed by atoms with Gasteiger partial charge >= 0.3 is 5.97 Å². The number of ether oxygens (including phenoxy) is 1. The summed E-state index contributed by atoms with van der Waals surface area (Å²) in [6, 6.07) is -0.665. The highest BCUT2D eigenvalue weighted by atomic mass is 16.5. The molecule has 0 radical (unpaired) electrons. The van der Waals surface area contributed by atoms with Crippen molar-refractivity contribution in [3.63, 3.8) is 0 Å². The molecule has 0 aliphatic rings. The van der Waals surface area contributed by atoms with Crippen LogP contribution >= 0.6 is 0 Å². The number of rotatable bonds is 7. The minimum Gasteiger partial charge on any atom is -0.464 e. The minimum atomic E-state index is -0.665. The lowest BCUT2D eigenvalue weighted by atomic mass is 10.0. The maximum absolute atomic E-state index is 11.6. The molecule has 0 heterocycles. The molecule has 5 heteroatoms. The van der Waals surface area contributed by atoms with Gasteiger partial charge < -0.3 is 10.1 Å². The van der Waals surface area contributed by atoms with Gasteiger partial charge in [-0.1, -0.05) is 13.8 Å². The van der Waals surface area contributed by atoms with Gasteiger partial charge in [0.2, 0.25) is 5.91 Å². The van der Waals surface area contributed by atoms with E-state index in [9.17, 15) is 14.4 Å². The van der Waals surface area contributed by atoms with Gasteiger partial charge in [0.25, 0.3) is 0 Å². The summed E-state index contributed by atoms with van der Waals surface area (Å²) < 4.78 is 4.87. The van der Waals surface area contributed by atoms with Crippen molar-refractivity contribution < 1.29 is 19.1 Å². The first-order chi connectivity index (χ1) is 7.86. The van der Waals surface area contributed by atoms with Gasteiger partial charge in [0.15, 0.2) is 0 Å². The number of nitrogens with one attached hydrogen (secondary N) is 1. The van der Waals surface area contributed by atoms with Crippen molar-refractivity contribution in [3.05, 3.63) is 0 Å². The number of hydrogen-bond acceptors (Lipinski definition) is 4. The fourth-order valence-electron chi connectivity index (χ4n) is 1.40. The number of Topliss-reactive ketones (excluding diaryl/α,β-unsaturated/α-hetero) is 1. The van der Waals surface area contributed by atoms with Crippen LogP contribution in [0.4, 0.5) is 0 Å². The number of hydrogen-bond donors (Lipinski definition) is 1. The molecule has 0 rings (SSSR count). The van der Waals surface area contributed by atoms with Crippen molar-refractivity contribution in [2.75, 3.05) is 6.61 Å². The fourth-order valence-corrected chi connectivity index (χ4v) is 1.40. The lowest BCUT2D eigenvalue weighted by Gasteiger charge is -2.18. The Morgan fingerprint density at radius 1 is 1.24 bits per heavy atom. The van der Waals surface area contributed by atoms with E-state index < -0.39 is 17.9 Å². The van der Waals surface area contributed by atoms with E-state index >= 15 is 0 Å². The molecule has 17 heavy (non-hydrogen) atoms. The molecule has 0 aromatic rings. The van der Waals surface area contributed by atoms with E-state index in [1.54, 1.807) is 6.92 Å². The predicted molar refractivity (Wildman–Crippen MR) is 63.3 cm³/mol. The van der Waals surface area contributed by atoms with Crippen LogP contribution in [0.5, 0.6) is 0 Å². The summed E-state index contributed by atoms with van der Waals surface area (Å²) >= 11 is 0. The monoisotopic (exact) mass is 243 g/mol. The summed E-state index contributed by atoms with van der Waals surface area (Å²) in [6.45, 7) is 7.21. The smallest absolute Gasteiger partial charge is 0.328 e. The zero-order valence-corrected chi connectivity index (χ0v) is 10.9. The Balaban J connectivity index is 4.42. The van der Waals surface area contributed by atoms with Crippen LogP contribution in [-0.2, 0) is 19.1 Å². The molecular weight excluding hydrogens is 222 g/mol. The third kappa shape index (κ3) is 7.49. The molecule has 0 saturated carbocycles. The van der Waals surface area contributed by atoms with E-state index in [-0.39, 0.29) is 24.7 Å². The largest absolute Gasteiger partial charge is 0.464 e. The summed E-state index contributed by atoms with van der Waals surface area (Å²) in [5.41, 5.74) is 0. The molecule has 0 aliphatic carbocycles. The van der Waals surface area contributed by atoms with Crippen LogP contribution in [0.1, 0.15) is 40.5 Å². The molecule has 0 saturated heterocycles. The number of carbonyl (C=O) groups is 3. The highest BCUT2D eigenvalue weighted by molar-refractivity contribution is 5.98. The Morgan fingerprint density at radius 2 is 1.82 bits per heavy atom. The molecule has 0 unspecified atom stereocenters. The van der Waals surface area contributed by atoms with E-state index in [1.807, 2.05) is 13.8 Å². The molecule has 98 valence electrons. The SMILES string of the molecule is CCOC(=O)[C@H](CC(C)C)NC(=O)CC(C)=O. The lowest BCUT2D eigenvalue weighted by Crippen LogP contribution is -2.43. The first kappa shape index (κ1) is 15.6. The van der Waals surface area contributed by atoms with Crippen LogP contribution < -0.4 is 5.32 Å². The predicted octanol–water partition coefficient (Wildman–Crippen LogP) is 1.06. The second kappa shape index (κ2) is 7.81. The van der Waals surface area contributed by atoms with Gasteiger partial charge in [-0.15, -0.1) is 0 Å². The number of carbonyl (C=O) groups excluding carboxylic acids is 3. The van der Waals surface area contributed by atoms with E-state index in [0.29, 0.717) is 6.42 Å². The van der Waals surface area contributed by atoms with Crippen molar-refractivity contribution in [2.45, 2.75) is 46.6 Å². The number of amides is 1. The maximum atomic E-state index is 11.6. The fraction of sp³-hybridized carbons (Fsp3) is 0.750. The topological polar surface area (TPSA) is 72.5 Å². The van der Waals surface area contributed by atoms with Crippen LogP contribution in [-0.4, -0.2) is 30.3 Å². The van der Waals surface area contributed by atoms with Crippen molar-refractivity contribution >= 4 is 17.7 Å². The van der Waals surface area contributed by atoms with Crippen molar-refractivity contribution in [1.29, 1.82) is 0 Å². The van der Waals surface area contributed by atoms with Crippen LogP contribution in [0.2, 0.25) is 0 Å². The molecule has 0 aromatic carbocycles. The average Bonchev–Trinajstić information content (AvgIpc) is 2.14. The third-order valence-corrected chi connectivity index (χ3v) is 2.02.